The lowest BCUT2D eigenvalue weighted by molar-refractivity contribution is -0.0699. The van der Waals surface area contributed by atoms with E-state index in [1.54, 1.807) is 0 Å². The number of rotatable bonds is 60. The summed E-state index contributed by atoms with van der Waals surface area (Å²) >= 11 is 0. The number of hydrogen-bond donors (Lipinski definition) is 0. The smallest absolute Gasteiger partial charge is 0.306 e. The van der Waals surface area contributed by atoms with Gasteiger partial charge in [-0.15, -0.1) is 0 Å². The highest BCUT2D eigenvalue weighted by Gasteiger charge is 2.44. The van der Waals surface area contributed by atoms with Gasteiger partial charge in [-0.05, 0) is 57.8 Å². The summed E-state index contributed by atoms with van der Waals surface area (Å²) in [4.78, 5) is 0. The van der Waals surface area contributed by atoms with E-state index in [2.05, 4.69) is 62.3 Å². The molecule has 0 aliphatic rings. The quantitative estimate of drug-likeness (QED) is 0.0449. The van der Waals surface area contributed by atoms with Gasteiger partial charge in [0, 0.05) is 0 Å². The van der Waals surface area contributed by atoms with Crippen LogP contribution in [-0.2, 0) is 13.6 Å². The van der Waals surface area contributed by atoms with Gasteiger partial charge in [0.05, 0.1) is 16.8 Å². The average molecular weight is 1010 g/mol. The van der Waals surface area contributed by atoms with Crippen molar-refractivity contribution in [3.05, 3.63) is 0 Å². The summed E-state index contributed by atoms with van der Waals surface area (Å²) in [7, 11) is -1.56. The van der Waals surface area contributed by atoms with Crippen molar-refractivity contribution >= 4 is 8.60 Å². The maximum atomic E-state index is 8.14. The molecule has 0 unspecified atom stereocenters. The molecule has 4 heteroatoms. The molecule has 0 radical (unpaired) electrons. The lowest BCUT2D eigenvalue weighted by Gasteiger charge is -2.45. The first kappa shape index (κ1) is 70.3. The molecule has 0 atom stereocenters. The summed E-state index contributed by atoms with van der Waals surface area (Å²) < 4.78 is 24.4. The van der Waals surface area contributed by atoms with E-state index >= 15 is 0 Å². The van der Waals surface area contributed by atoms with Gasteiger partial charge in [0.15, 0.2) is 0 Å². The fourth-order valence-electron chi connectivity index (χ4n) is 11.5. The Morgan fingerprint density at radius 1 is 0.171 bits per heavy atom. The van der Waals surface area contributed by atoms with Gasteiger partial charge in [-0.1, -0.05) is 351 Å². The predicted molar refractivity (Wildman–Crippen MR) is 319 cm³/mol. The van der Waals surface area contributed by atoms with Crippen LogP contribution < -0.4 is 0 Å². The molecular weight excluding hydrogens is 872 g/mol. The summed E-state index contributed by atoms with van der Waals surface area (Å²) in [6.07, 6.45) is 70.6. The first-order valence-corrected chi connectivity index (χ1v) is 34.3. The SMILES string of the molecule is CCCCCCCCCCCC(CCCCC)(CCCCC)OP(OC(CCCCC)(CCCCC)CCCCCCCCCCC)OC(CCCCC)(CCCCC)CCCCCCCCCCC. The van der Waals surface area contributed by atoms with Crippen LogP contribution in [0.5, 0.6) is 0 Å². The highest BCUT2D eigenvalue weighted by atomic mass is 31.2. The van der Waals surface area contributed by atoms with Gasteiger partial charge in [0.2, 0.25) is 0 Å². The molecule has 0 N–H and O–H groups in total. The molecule has 0 aromatic rings. The zero-order valence-corrected chi connectivity index (χ0v) is 51.3. The maximum Gasteiger partial charge on any atom is 0.334 e. The summed E-state index contributed by atoms with van der Waals surface area (Å²) in [5, 5.41) is 0. The van der Waals surface area contributed by atoms with E-state index in [0.29, 0.717) is 0 Å². The molecule has 0 saturated heterocycles. The fourth-order valence-corrected chi connectivity index (χ4v) is 13.4. The van der Waals surface area contributed by atoms with E-state index < -0.39 is 8.60 Å². The highest BCUT2D eigenvalue weighted by Crippen LogP contribution is 2.58. The van der Waals surface area contributed by atoms with Crippen LogP contribution in [0, 0.1) is 0 Å². The molecule has 0 aliphatic carbocycles. The molecule has 0 rings (SSSR count). The molecule has 0 amide bonds. The molecule has 0 aromatic heterocycles. The van der Waals surface area contributed by atoms with Crippen molar-refractivity contribution in [2.24, 2.45) is 0 Å². The molecule has 70 heavy (non-hydrogen) atoms. The van der Waals surface area contributed by atoms with Crippen molar-refractivity contribution in [3.8, 4) is 0 Å². The topological polar surface area (TPSA) is 27.7 Å². The van der Waals surface area contributed by atoms with Gasteiger partial charge in [-0.2, -0.15) is 0 Å². The minimum absolute atomic E-state index is 0.163. The molecular formula is C66H135O3P. The van der Waals surface area contributed by atoms with Crippen LogP contribution in [0.15, 0.2) is 0 Å². The predicted octanol–water partition coefficient (Wildman–Crippen LogP) is 25.7. The Morgan fingerprint density at radius 2 is 0.286 bits per heavy atom. The minimum atomic E-state index is -1.56. The lowest BCUT2D eigenvalue weighted by Crippen LogP contribution is -2.39. The van der Waals surface area contributed by atoms with Gasteiger partial charge in [0.1, 0.15) is 0 Å². The van der Waals surface area contributed by atoms with E-state index in [9.17, 15) is 0 Å². The molecule has 422 valence electrons. The maximum absolute atomic E-state index is 8.14. The van der Waals surface area contributed by atoms with Crippen molar-refractivity contribution in [3.63, 3.8) is 0 Å². The highest BCUT2D eigenvalue weighted by molar-refractivity contribution is 7.41. The van der Waals surface area contributed by atoms with Crippen molar-refractivity contribution in [1.82, 2.24) is 0 Å². The Morgan fingerprint density at radius 3 is 0.443 bits per heavy atom. The Hall–Kier alpha value is 0.310. The molecule has 0 heterocycles. The van der Waals surface area contributed by atoms with Crippen LogP contribution in [0.25, 0.3) is 0 Å². The molecule has 0 saturated carbocycles. The van der Waals surface area contributed by atoms with E-state index in [-0.39, 0.29) is 16.8 Å². The summed E-state index contributed by atoms with van der Waals surface area (Å²) in [5.74, 6) is 0. The summed E-state index contributed by atoms with van der Waals surface area (Å²) in [6, 6.07) is 0. The molecule has 0 fully saturated rings. The standard InChI is InChI=1S/C66H135O3P/c1-10-19-28-31-34-37-40-43-52-61-64(55-46-22-13-4,56-47-23-14-5)67-70(68-65(57-48-24-15-6,58-49-25-16-7)62-53-44-41-38-35-32-29-20-11-2)69-66(59-50-26-17-8,60-51-27-18-9)63-54-45-42-39-36-33-30-21-12-3/h10-63H2,1-9H3. The van der Waals surface area contributed by atoms with Crippen LogP contribution in [0.1, 0.15) is 409 Å². The van der Waals surface area contributed by atoms with Crippen molar-refractivity contribution in [2.75, 3.05) is 0 Å². The average Bonchev–Trinajstić information content (AvgIpc) is 3.35. The Labute approximate surface area is 446 Å². The third kappa shape index (κ3) is 40.6. The normalized spacial score (nSPS) is 12.6. The van der Waals surface area contributed by atoms with Crippen molar-refractivity contribution in [2.45, 2.75) is 426 Å². The molecule has 3 nitrogen and oxygen atoms in total. The lowest BCUT2D eigenvalue weighted by atomic mass is 9.85. The van der Waals surface area contributed by atoms with Gasteiger partial charge >= 0.3 is 8.60 Å². The first-order chi connectivity index (χ1) is 34.3. The van der Waals surface area contributed by atoms with E-state index in [4.69, 9.17) is 13.6 Å². The third-order valence-corrected chi connectivity index (χ3v) is 18.0. The molecule has 0 spiro atoms. The summed E-state index contributed by atoms with van der Waals surface area (Å²) in [6.45, 7) is 21.3. The van der Waals surface area contributed by atoms with Crippen molar-refractivity contribution in [1.29, 1.82) is 0 Å². The second-order valence-electron chi connectivity index (χ2n) is 23.5. The molecule has 0 aromatic carbocycles. The molecule has 0 aliphatic heterocycles. The summed E-state index contributed by atoms with van der Waals surface area (Å²) in [5.41, 5.74) is -0.488. The largest absolute Gasteiger partial charge is 0.334 e. The zero-order chi connectivity index (χ0) is 51.4. The Bertz CT molecular complexity index is 846. The first-order valence-electron chi connectivity index (χ1n) is 33.2. The second kappa shape index (κ2) is 52.7. The zero-order valence-electron chi connectivity index (χ0n) is 50.4. The molecule has 0 bridgehead atoms. The third-order valence-electron chi connectivity index (χ3n) is 16.4. The Kier molecular flexibility index (Phi) is 53.0. The number of hydrogen-bond acceptors (Lipinski definition) is 3. The monoisotopic (exact) mass is 1010 g/mol. The van der Waals surface area contributed by atoms with Crippen LogP contribution in [-0.4, -0.2) is 16.8 Å². The number of unbranched alkanes of at least 4 members (excludes halogenated alkanes) is 36. The Balaban J connectivity index is 7.42. The van der Waals surface area contributed by atoms with Crippen LogP contribution in [0.4, 0.5) is 0 Å². The van der Waals surface area contributed by atoms with Gasteiger partial charge in [0.25, 0.3) is 0 Å². The van der Waals surface area contributed by atoms with Gasteiger partial charge in [-0.25, -0.2) is 0 Å². The van der Waals surface area contributed by atoms with E-state index in [0.717, 1.165) is 0 Å². The van der Waals surface area contributed by atoms with Gasteiger partial charge in [-0.3, -0.25) is 0 Å². The van der Waals surface area contributed by atoms with Gasteiger partial charge < -0.3 is 13.6 Å². The van der Waals surface area contributed by atoms with Crippen LogP contribution in [0.3, 0.4) is 0 Å². The van der Waals surface area contributed by atoms with Crippen LogP contribution in [0.2, 0.25) is 0 Å². The fraction of sp³-hybridized carbons (Fsp3) is 1.00. The van der Waals surface area contributed by atoms with E-state index in [1.807, 2.05) is 0 Å². The van der Waals surface area contributed by atoms with Crippen molar-refractivity contribution < 1.29 is 13.6 Å². The second-order valence-corrected chi connectivity index (χ2v) is 24.5. The minimum Gasteiger partial charge on any atom is -0.306 e. The van der Waals surface area contributed by atoms with E-state index in [1.165, 1.54) is 347 Å². The van der Waals surface area contributed by atoms with Crippen LogP contribution >= 0.6 is 8.60 Å².